The van der Waals surface area contributed by atoms with Gasteiger partial charge >= 0.3 is 0 Å². The Morgan fingerprint density at radius 3 is 2.43 bits per heavy atom. The highest BCUT2D eigenvalue weighted by atomic mass is 16.2. The van der Waals surface area contributed by atoms with Gasteiger partial charge < -0.3 is 4.90 Å². The highest BCUT2D eigenvalue weighted by Crippen LogP contribution is 2.32. The van der Waals surface area contributed by atoms with Crippen LogP contribution in [0.1, 0.15) is 40.5 Å². The van der Waals surface area contributed by atoms with Gasteiger partial charge in [0.2, 0.25) is 5.91 Å². The molecule has 3 heteroatoms. The van der Waals surface area contributed by atoms with Crippen LogP contribution in [-0.4, -0.2) is 22.9 Å². The molecule has 0 aromatic rings. The Morgan fingerprint density at radius 2 is 2.07 bits per heavy atom. The van der Waals surface area contributed by atoms with Crippen LogP contribution < -0.4 is 0 Å². The van der Waals surface area contributed by atoms with Crippen molar-refractivity contribution in [2.45, 2.75) is 46.1 Å². The summed E-state index contributed by atoms with van der Waals surface area (Å²) in [5.41, 5.74) is -0.965. The molecule has 0 N–H and O–H groups in total. The largest absolute Gasteiger partial charge is 0.336 e. The van der Waals surface area contributed by atoms with Crippen molar-refractivity contribution < 1.29 is 4.79 Å². The predicted molar refractivity (Wildman–Crippen MR) is 54.4 cm³/mol. The molecular weight excluding hydrogens is 176 g/mol. The molecule has 1 amide bonds. The number of hydrogen-bond acceptors (Lipinski definition) is 2. The molecule has 3 nitrogen and oxygen atoms in total. The second-order valence-electron chi connectivity index (χ2n) is 5.11. The molecule has 1 aliphatic heterocycles. The van der Waals surface area contributed by atoms with Gasteiger partial charge in [-0.2, -0.15) is 5.26 Å². The van der Waals surface area contributed by atoms with E-state index in [1.54, 1.807) is 13.8 Å². The molecule has 78 valence electrons. The van der Waals surface area contributed by atoms with Crippen molar-refractivity contribution in [3.8, 4) is 6.07 Å². The molecule has 0 atom stereocenters. The van der Waals surface area contributed by atoms with E-state index in [1.165, 1.54) is 0 Å². The lowest BCUT2D eigenvalue weighted by atomic mass is 9.91. The molecule has 1 aliphatic rings. The van der Waals surface area contributed by atoms with Gasteiger partial charge in [-0.3, -0.25) is 4.79 Å². The van der Waals surface area contributed by atoms with Crippen LogP contribution >= 0.6 is 0 Å². The van der Waals surface area contributed by atoms with E-state index in [4.69, 9.17) is 5.26 Å². The molecule has 1 saturated heterocycles. The van der Waals surface area contributed by atoms with Gasteiger partial charge in [-0.25, -0.2) is 0 Å². The Balaban J connectivity index is 2.87. The molecule has 0 aromatic heterocycles. The summed E-state index contributed by atoms with van der Waals surface area (Å²) in [6.45, 7) is 8.28. The fraction of sp³-hybridized carbons (Fsp3) is 0.818. The average molecular weight is 194 g/mol. The third kappa shape index (κ3) is 1.75. The maximum Gasteiger partial charge on any atom is 0.242 e. The molecule has 1 heterocycles. The van der Waals surface area contributed by atoms with E-state index in [9.17, 15) is 4.79 Å². The van der Waals surface area contributed by atoms with E-state index in [2.05, 4.69) is 19.9 Å². The Kier molecular flexibility index (Phi) is 2.58. The fourth-order valence-electron chi connectivity index (χ4n) is 1.87. The van der Waals surface area contributed by atoms with E-state index in [0.717, 1.165) is 19.4 Å². The van der Waals surface area contributed by atoms with E-state index >= 15 is 0 Å². The number of amides is 1. The van der Waals surface area contributed by atoms with Gasteiger partial charge in [0, 0.05) is 12.1 Å². The number of carbonyl (C=O) groups is 1. The van der Waals surface area contributed by atoms with Gasteiger partial charge in [-0.05, 0) is 40.5 Å². The zero-order valence-electron chi connectivity index (χ0n) is 9.42. The van der Waals surface area contributed by atoms with Crippen molar-refractivity contribution in [1.29, 1.82) is 5.26 Å². The van der Waals surface area contributed by atoms with Gasteiger partial charge in [-0.15, -0.1) is 0 Å². The monoisotopic (exact) mass is 194 g/mol. The van der Waals surface area contributed by atoms with Crippen LogP contribution in [0.2, 0.25) is 0 Å². The van der Waals surface area contributed by atoms with E-state index in [-0.39, 0.29) is 11.4 Å². The summed E-state index contributed by atoms with van der Waals surface area (Å²) >= 11 is 0. The van der Waals surface area contributed by atoms with Crippen molar-refractivity contribution in [3.05, 3.63) is 0 Å². The van der Waals surface area contributed by atoms with Crippen molar-refractivity contribution in [3.63, 3.8) is 0 Å². The molecule has 0 aliphatic carbocycles. The number of nitriles is 1. The van der Waals surface area contributed by atoms with Crippen LogP contribution in [0.4, 0.5) is 0 Å². The SMILES string of the molecule is CC(C)(C#N)C(=O)N1CCCC1(C)C. The van der Waals surface area contributed by atoms with Crippen LogP contribution in [0.5, 0.6) is 0 Å². The van der Waals surface area contributed by atoms with E-state index in [1.807, 2.05) is 4.90 Å². The number of hydrogen-bond donors (Lipinski definition) is 0. The Morgan fingerprint density at radius 1 is 1.50 bits per heavy atom. The lowest BCUT2D eigenvalue weighted by Crippen LogP contribution is -2.48. The molecule has 0 radical (unpaired) electrons. The Bertz CT molecular complexity index is 286. The summed E-state index contributed by atoms with van der Waals surface area (Å²) < 4.78 is 0. The zero-order valence-corrected chi connectivity index (χ0v) is 9.42. The normalized spacial score (nSPS) is 20.6. The van der Waals surface area contributed by atoms with Crippen LogP contribution in [0.25, 0.3) is 0 Å². The minimum Gasteiger partial charge on any atom is -0.336 e. The highest BCUT2D eigenvalue weighted by molar-refractivity contribution is 5.85. The van der Waals surface area contributed by atoms with Crippen LogP contribution in [0.15, 0.2) is 0 Å². The molecule has 1 rings (SSSR count). The third-order valence-electron chi connectivity index (χ3n) is 2.96. The van der Waals surface area contributed by atoms with Gasteiger partial charge in [0.25, 0.3) is 0 Å². The summed E-state index contributed by atoms with van der Waals surface area (Å²) in [5.74, 6) is -0.0394. The van der Waals surface area contributed by atoms with Crippen molar-refractivity contribution in [1.82, 2.24) is 4.90 Å². The summed E-state index contributed by atoms with van der Waals surface area (Å²) in [6, 6.07) is 2.06. The maximum atomic E-state index is 12.0. The minimum absolute atomic E-state index is 0.0394. The minimum atomic E-state index is -0.887. The maximum absolute atomic E-state index is 12.0. The van der Waals surface area contributed by atoms with E-state index < -0.39 is 5.41 Å². The summed E-state index contributed by atoms with van der Waals surface area (Å²) in [4.78, 5) is 13.9. The first-order valence-electron chi connectivity index (χ1n) is 5.04. The number of carbonyl (C=O) groups excluding carboxylic acids is 1. The lowest BCUT2D eigenvalue weighted by molar-refractivity contribution is -0.140. The molecule has 1 fully saturated rings. The fourth-order valence-corrected chi connectivity index (χ4v) is 1.87. The summed E-state index contributed by atoms with van der Waals surface area (Å²) in [6.07, 6.45) is 2.07. The first-order valence-corrected chi connectivity index (χ1v) is 5.04. The topological polar surface area (TPSA) is 44.1 Å². The van der Waals surface area contributed by atoms with Gasteiger partial charge in [0.1, 0.15) is 5.41 Å². The number of rotatable bonds is 1. The van der Waals surface area contributed by atoms with Crippen molar-refractivity contribution in [2.75, 3.05) is 6.54 Å². The smallest absolute Gasteiger partial charge is 0.242 e. The first-order chi connectivity index (χ1) is 6.31. The Hall–Kier alpha value is -1.04. The first kappa shape index (κ1) is 11.0. The summed E-state index contributed by atoms with van der Waals surface area (Å²) in [7, 11) is 0. The average Bonchev–Trinajstić information content (AvgIpc) is 2.44. The van der Waals surface area contributed by atoms with Gasteiger partial charge in [0.05, 0.1) is 6.07 Å². The predicted octanol–water partition coefficient (Wildman–Crippen LogP) is 1.94. The standard InChI is InChI=1S/C11H18N2O/c1-10(2,8-12)9(14)13-7-5-6-11(13,3)4/h5-7H2,1-4H3. The summed E-state index contributed by atoms with van der Waals surface area (Å²) in [5, 5.41) is 8.90. The highest BCUT2D eigenvalue weighted by Gasteiger charge is 2.41. The molecule has 14 heavy (non-hydrogen) atoms. The molecule has 0 spiro atoms. The van der Waals surface area contributed by atoms with Crippen LogP contribution in [0.3, 0.4) is 0 Å². The second kappa shape index (κ2) is 3.27. The van der Waals surface area contributed by atoms with Gasteiger partial charge in [0.15, 0.2) is 0 Å². The quantitative estimate of drug-likeness (QED) is 0.640. The Labute approximate surface area is 85.7 Å². The van der Waals surface area contributed by atoms with Crippen LogP contribution in [-0.2, 0) is 4.79 Å². The number of likely N-dealkylation sites (tertiary alicyclic amines) is 1. The molecule has 0 bridgehead atoms. The van der Waals surface area contributed by atoms with E-state index in [0.29, 0.717) is 0 Å². The third-order valence-corrected chi connectivity index (χ3v) is 2.96. The zero-order chi connectivity index (χ0) is 11.0. The number of nitrogens with zero attached hydrogens (tertiary/aromatic N) is 2. The molecule has 0 saturated carbocycles. The molecular formula is C11H18N2O. The van der Waals surface area contributed by atoms with Crippen molar-refractivity contribution >= 4 is 5.91 Å². The lowest BCUT2D eigenvalue weighted by Gasteiger charge is -2.35. The van der Waals surface area contributed by atoms with Crippen molar-refractivity contribution in [2.24, 2.45) is 5.41 Å². The molecule has 0 aromatic carbocycles. The second-order valence-corrected chi connectivity index (χ2v) is 5.11. The molecule has 0 unspecified atom stereocenters. The van der Waals surface area contributed by atoms with Crippen LogP contribution in [0, 0.1) is 16.7 Å². The van der Waals surface area contributed by atoms with Gasteiger partial charge in [-0.1, -0.05) is 0 Å².